The Morgan fingerprint density at radius 1 is 1.38 bits per heavy atom. The van der Waals surface area contributed by atoms with Gasteiger partial charge in [0.25, 0.3) is 0 Å². The van der Waals surface area contributed by atoms with Crippen molar-refractivity contribution in [1.82, 2.24) is 0 Å². The molecule has 0 unspecified atom stereocenters. The van der Waals surface area contributed by atoms with Gasteiger partial charge in [0.2, 0.25) is 6.08 Å². The van der Waals surface area contributed by atoms with E-state index in [0.717, 1.165) is 0 Å². The lowest BCUT2D eigenvalue weighted by molar-refractivity contribution is -0.145. The van der Waals surface area contributed by atoms with Crippen LogP contribution in [0.15, 0.2) is 29.3 Å². The summed E-state index contributed by atoms with van der Waals surface area (Å²) in [6, 6.07) is 6.39. The molecule has 0 heterocycles. The van der Waals surface area contributed by atoms with E-state index >= 15 is 0 Å². The van der Waals surface area contributed by atoms with E-state index in [1.807, 2.05) is 0 Å². The van der Waals surface area contributed by atoms with Crippen molar-refractivity contribution in [1.29, 1.82) is 0 Å². The van der Waals surface area contributed by atoms with Crippen molar-refractivity contribution in [3.05, 3.63) is 24.3 Å². The Bertz CT molecular complexity index is 393. The second kappa shape index (κ2) is 6.37. The van der Waals surface area contributed by atoms with E-state index in [4.69, 9.17) is 9.47 Å². The first-order valence-corrected chi connectivity index (χ1v) is 4.72. The smallest absolute Gasteiger partial charge is 0.344 e. The normalized spacial score (nSPS) is 9.06. The Morgan fingerprint density at radius 3 is 2.62 bits per heavy atom. The molecule has 0 amide bonds. The van der Waals surface area contributed by atoms with Crippen LogP contribution in [0.2, 0.25) is 0 Å². The number of hydrogen-bond acceptors (Lipinski definition) is 5. The van der Waals surface area contributed by atoms with Crippen LogP contribution in [0.5, 0.6) is 5.75 Å². The Labute approximate surface area is 92.7 Å². The monoisotopic (exact) mass is 221 g/mol. The molecule has 0 saturated carbocycles. The lowest BCUT2D eigenvalue weighted by Gasteiger charge is -2.05. The molecular formula is C11H11NO4. The second-order valence-corrected chi connectivity index (χ2v) is 2.79. The standard InChI is InChI=1S/C11H11NO4/c1-2-15-11(14)7-16-10-5-3-9(4-6-10)12-8-13/h3-6H,2,7H2,1H3. The summed E-state index contributed by atoms with van der Waals surface area (Å²) in [6.07, 6.45) is 1.43. The largest absolute Gasteiger partial charge is 0.482 e. The van der Waals surface area contributed by atoms with Gasteiger partial charge in [0.05, 0.1) is 12.3 Å². The highest BCUT2D eigenvalue weighted by Gasteiger charge is 2.02. The number of aliphatic imine (C=N–C) groups is 1. The third-order valence-corrected chi connectivity index (χ3v) is 1.67. The highest BCUT2D eigenvalue weighted by molar-refractivity contribution is 5.71. The Kier molecular flexibility index (Phi) is 4.76. The molecule has 1 aromatic carbocycles. The maximum Gasteiger partial charge on any atom is 0.344 e. The zero-order valence-electron chi connectivity index (χ0n) is 8.80. The predicted molar refractivity (Wildman–Crippen MR) is 56.4 cm³/mol. The quantitative estimate of drug-likeness (QED) is 0.430. The van der Waals surface area contributed by atoms with Gasteiger partial charge in [-0.25, -0.2) is 9.59 Å². The molecule has 84 valence electrons. The van der Waals surface area contributed by atoms with Gasteiger partial charge in [-0.1, -0.05) is 0 Å². The van der Waals surface area contributed by atoms with Crippen LogP contribution in [0.25, 0.3) is 0 Å². The topological polar surface area (TPSA) is 65.0 Å². The first-order chi connectivity index (χ1) is 7.76. The Hall–Kier alpha value is -2.13. The molecule has 5 nitrogen and oxygen atoms in total. The van der Waals surface area contributed by atoms with Gasteiger partial charge in [0.1, 0.15) is 5.75 Å². The zero-order chi connectivity index (χ0) is 11.8. The SMILES string of the molecule is CCOC(=O)COc1ccc(N=C=O)cc1. The molecule has 0 atom stereocenters. The average molecular weight is 221 g/mol. The molecule has 0 saturated heterocycles. The lowest BCUT2D eigenvalue weighted by Crippen LogP contribution is -2.14. The molecule has 0 aliphatic carbocycles. The van der Waals surface area contributed by atoms with Crippen LogP contribution in [0.4, 0.5) is 5.69 Å². The molecule has 0 fully saturated rings. The maximum absolute atomic E-state index is 11.0. The van der Waals surface area contributed by atoms with Crippen molar-refractivity contribution < 1.29 is 19.1 Å². The fraction of sp³-hybridized carbons (Fsp3) is 0.273. The first kappa shape index (κ1) is 11.9. The van der Waals surface area contributed by atoms with Gasteiger partial charge in [0.15, 0.2) is 6.61 Å². The van der Waals surface area contributed by atoms with E-state index in [1.165, 1.54) is 6.08 Å². The second-order valence-electron chi connectivity index (χ2n) is 2.79. The van der Waals surface area contributed by atoms with Crippen molar-refractivity contribution >= 4 is 17.7 Å². The number of isocyanates is 1. The molecule has 1 rings (SSSR count). The number of benzene rings is 1. The molecule has 1 aromatic rings. The predicted octanol–water partition coefficient (Wildman–Crippen LogP) is 1.60. The highest BCUT2D eigenvalue weighted by Crippen LogP contribution is 2.17. The van der Waals surface area contributed by atoms with Crippen LogP contribution >= 0.6 is 0 Å². The molecule has 5 heteroatoms. The van der Waals surface area contributed by atoms with Crippen LogP contribution in [-0.2, 0) is 14.3 Å². The summed E-state index contributed by atoms with van der Waals surface area (Å²) >= 11 is 0. The molecule has 16 heavy (non-hydrogen) atoms. The number of hydrogen-bond donors (Lipinski definition) is 0. The molecule has 0 aliphatic rings. The van der Waals surface area contributed by atoms with Crippen LogP contribution in [0.1, 0.15) is 6.92 Å². The summed E-state index contributed by atoms with van der Waals surface area (Å²) in [4.78, 5) is 24.4. The molecule has 0 aliphatic heterocycles. The lowest BCUT2D eigenvalue weighted by atomic mass is 10.3. The minimum absolute atomic E-state index is 0.135. The molecule has 0 bridgehead atoms. The average Bonchev–Trinajstić information content (AvgIpc) is 2.29. The zero-order valence-corrected chi connectivity index (χ0v) is 8.80. The van der Waals surface area contributed by atoms with E-state index in [2.05, 4.69) is 4.99 Å². The highest BCUT2D eigenvalue weighted by atomic mass is 16.6. The molecule has 0 N–H and O–H groups in total. The van der Waals surface area contributed by atoms with Crippen LogP contribution in [0.3, 0.4) is 0 Å². The summed E-state index contributed by atoms with van der Waals surface area (Å²) in [6.45, 7) is 1.92. The number of ether oxygens (including phenoxy) is 2. The minimum Gasteiger partial charge on any atom is -0.482 e. The van der Waals surface area contributed by atoms with Gasteiger partial charge in [-0.05, 0) is 31.2 Å². The van der Waals surface area contributed by atoms with E-state index in [1.54, 1.807) is 31.2 Å². The van der Waals surface area contributed by atoms with Crippen molar-refractivity contribution in [2.75, 3.05) is 13.2 Å². The molecule has 0 spiro atoms. The van der Waals surface area contributed by atoms with E-state index in [-0.39, 0.29) is 6.61 Å². The number of esters is 1. The van der Waals surface area contributed by atoms with Crippen molar-refractivity contribution in [2.45, 2.75) is 6.92 Å². The van der Waals surface area contributed by atoms with Gasteiger partial charge in [-0.2, -0.15) is 4.99 Å². The van der Waals surface area contributed by atoms with Gasteiger partial charge < -0.3 is 9.47 Å². The van der Waals surface area contributed by atoms with Crippen molar-refractivity contribution in [3.63, 3.8) is 0 Å². The van der Waals surface area contributed by atoms with E-state index in [0.29, 0.717) is 18.0 Å². The first-order valence-electron chi connectivity index (χ1n) is 4.72. The fourth-order valence-electron chi connectivity index (χ4n) is 1.01. The number of nitrogens with zero attached hydrogens (tertiary/aromatic N) is 1. The number of carbonyl (C=O) groups is 1. The minimum atomic E-state index is -0.419. The molecular weight excluding hydrogens is 210 g/mol. The Morgan fingerprint density at radius 2 is 2.06 bits per heavy atom. The fourth-order valence-corrected chi connectivity index (χ4v) is 1.01. The molecule has 0 radical (unpaired) electrons. The van der Waals surface area contributed by atoms with Gasteiger partial charge in [-0.15, -0.1) is 0 Å². The summed E-state index contributed by atoms with van der Waals surface area (Å²) in [5, 5.41) is 0. The van der Waals surface area contributed by atoms with Crippen LogP contribution < -0.4 is 4.74 Å². The van der Waals surface area contributed by atoms with Gasteiger partial charge in [-0.3, -0.25) is 0 Å². The summed E-state index contributed by atoms with van der Waals surface area (Å²) < 4.78 is 9.83. The summed E-state index contributed by atoms with van der Waals surface area (Å²) in [7, 11) is 0. The van der Waals surface area contributed by atoms with Gasteiger partial charge in [0, 0.05) is 0 Å². The third-order valence-electron chi connectivity index (χ3n) is 1.67. The van der Waals surface area contributed by atoms with Gasteiger partial charge >= 0.3 is 5.97 Å². The third kappa shape index (κ3) is 3.94. The van der Waals surface area contributed by atoms with Crippen LogP contribution in [-0.4, -0.2) is 25.3 Å². The van der Waals surface area contributed by atoms with Crippen LogP contribution in [0, 0.1) is 0 Å². The summed E-state index contributed by atoms with van der Waals surface area (Å²) in [5.74, 6) is 0.0930. The van der Waals surface area contributed by atoms with E-state index < -0.39 is 5.97 Å². The van der Waals surface area contributed by atoms with Crippen molar-refractivity contribution in [3.8, 4) is 5.75 Å². The Balaban J connectivity index is 2.49. The summed E-state index contributed by atoms with van der Waals surface area (Å²) in [5.41, 5.74) is 0.485. The molecule has 0 aromatic heterocycles. The van der Waals surface area contributed by atoms with Crippen molar-refractivity contribution in [2.24, 2.45) is 4.99 Å². The number of carbonyl (C=O) groups excluding carboxylic acids is 2. The van der Waals surface area contributed by atoms with E-state index in [9.17, 15) is 9.59 Å². The maximum atomic E-state index is 11.0. The number of rotatable bonds is 5.